The van der Waals surface area contributed by atoms with Crippen LogP contribution in [0.4, 0.5) is 0 Å². The molecule has 0 unspecified atom stereocenters. The topological polar surface area (TPSA) is 64.4 Å². The zero-order valence-corrected chi connectivity index (χ0v) is 16.3. The summed E-state index contributed by atoms with van der Waals surface area (Å²) in [5.74, 6) is 0. The molecule has 0 radical (unpaired) electrons. The summed E-state index contributed by atoms with van der Waals surface area (Å²) >= 11 is 5.94. The number of sulfonamides is 1. The summed E-state index contributed by atoms with van der Waals surface area (Å²) in [6.07, 6.45) is 4.15. The van der Waals surface area contributed by atoms with Gasteiger partial charge in [0.05, 0.1) is 5.56 Å². The molecular formula is C20H20ClN3O2S. The zero-order valence-electron chi connectivity index (χ0n) is 14.8. The van der Waals surface area contributed by atoms with Gasteiger partial charge >= 0.3 is 0 Å². The number of rotatable bonds is 5. The van der Waals surface area contributed by atoms with E-state index in [0.29, 0.717) is 31.2 Å². The van der Waals surface area contributed by atoms with E-state index >= 15 is 0 Å². The van der Waals surface area contributed by atoms with E-state index < -0.39 is 10.0 Å². The van der Waals surface area contributed by atoms with Gasteiger partial charge in [-0.3, -0.25) is 4.90 Å². The van der Waals surface area contributed by atoms with E-state index in [1.54, 1.807) is 0 Å². The Balaban J connectivity index is 1.63. The SMILES string of the molecule is N#Cc1ccc(Cl)cc1S(=O)(=O)N1CCN(C/C=C/c2ccccc2)CC1. The van der Waals surface area contributed by atoms with Gasteiger partial charge in [0.15, 0.2) is 0 Å². The molecule has 0 N–H and O–H groups in total. The summed E-state index contributed by atoms with van der Waals surface area (Å²) in [5.41, 5.74) is 1.26. The van der Waals surface area contributed by atoms with Crippen LogP contribution in [0.15, 0.2) is 59.5 Å². The van der Waals surface area contributed by atoms with Crippen molar-refractivity contribution in [2.75, 3.05) is 32.7 Å². The molecule has 7 heteroatoms. The molecule has 1 fully saturated rings. The molecule has 1 heterocycles. The quantitative estimate of drug-likeness (QED) is 0.771. The van der Waals surface area contributed by atoms with Crippen molar-refractivity contribution >= 4 is 27.7 Å². The molecule has 0 aliphatic carbocycles. The van der Waals surface area contributed by atoms with Crippen LogP contribution in [0.25, 0.3) is 6.08 Å². The summed E-state index contributed by atoms with van der Waals surface area (Å²) in [7, 11) is -3.73. The Morgan fingerprint density at radius 3 is 2.44 bits per heavy atom. The van der Waals surface area contributed by atoms with E-state index in [1.165, 1.54) is 22.5 Å². The van der Waals surface area contributed by atoms with Crippen molar-refractivity contribution in [1.29, 1.82) is 5.26 Å². The predicted molar refractivity (Wildman–Crippen MR) is 107 cm³/mol. The highest BCUT2D eigenvalue weighted by Crippen LogP contribution is 2.24. The maximum absolute atomic E-state index is 12.9. The Morgan fingerprint density at radius 1 is 1.07 bits per heavy atom. The monoisotopic (exact) mass is 401 g/mol. The highest BCUT2D eigenvalue weighted by molar-refractivity contribution is 7.89. The molecule has 0 amide bonds. The van der Waals surface area contributed by atoms with Crippen LogP contribution in [0.5, 0.6) is 0 Å². The largest absolute Gasteiger partial charge is 0.297 e. The highest BCUT2D eigenvalue weighted by Gasteiger charge is 2.30. The molecule has 2 aromatic rings. The standard InChI is InChI=1S/C20H20ClN3O2S/c21-19-9-8-18(16-22)20(15-19)27(25,26)24-13-11-23(12-14-24)10-4-7-17-5-2-1-3-6-17/h1-9,15H,10-14H2/b7-4+. The molecule has 27 heavy (non-hydrogen) atoms. The van der Waals surface area contributed by atoms with Gasteiger partial charge in [0.1, 0.15) is 11.0 Å². The van der Waals surface area contributed by atoms with Crippen molar-refractivity contribution < 1.29 is 8.42 Å². The van der Waals surface area contributed by atoms with Crippen LogP contribution in [0.1, 0.15) is 11.1 Å². The molecule has 1 aliphatic heterocycles. The fourth-order valence-corrected chi connectivity index (χ4v) is 4.82. The molecule has 0 saturated carbocycles. The first-order chi connectivity index (χ1) is 13.0. The summed E-state index contributed by atoms with van der Waals surface area (Å²) in [6.45, 7) is 2.82. The zero-order chi connectivity index (χ0) is 19.3. The van der Waals surface area contributed by atoms with Crippen LogP contribution in [-0.4, -0.2) is 50.3 Å². The molecule has 0 spiro atoms. The number of benzene rings is 2. The Hall–Kier alpha value is -2.17. The third kappa shape index (κ3) is 4.76. The first kappa shape index (κ1) is 19.6. The van der Waals surface area contributed by atoms with Gasteiger partial charge in [0.2, 0.25) is 10.0 Å². The molecule has 1 aliphatic rings. The van der Waals surface area contributed by atoms with Gasteiger partial charge in [-0.05, 0) is 23.8 Å². The van der Waals surface area contributed by atoms with Gasteiger partial charge in [-0.25, -0.2) is 8.42 Å². The van der Waals surface area contributed by atoms with Gasteiger partial charge < -0.3 is 0 Å². The normalized spacial score (nSPS) is 16.4. The molecule has 2 aromatic carbocycles. The van der Waals surface area contributed by atoms with Crippen molar-refractivity contribution in [3.05, 3.63) is 70.8 Å². The maximum Gasteiger partial charge on any atom is 0.244 e. The fourth-order valence-electron chi connectivity index (χ4n) is 3.00. The van der Waals surface area contributed by atoms with Gasteiger partial charge in [-0.2, -0.15) is 9.57 Å². The Bertz CT molecular complexity index is 960. The van der Waals surface area contributed by atoms with E-state index in [4.69, 9.17) is 11.6 Å². The average molecular weight is 402 g/mol. The van der Waals surface area contributed by atoms with Gasteiger partial charge in [0, 0.05) is 37.7 Å². The Morgan fingerprint density at radius 2 is 1.78 bits per heavy atom. The number of nitrogens with zero attached hydrogens (tertiary/aromatic N) is 3. The summed E-state index contributed by atoms with van der Waals surface area (Å²) in [6, 6.07) is 16.3. The van der Waals surface area contributed by atoms with Crippen molar-refractivity contribution in [2.24, 2.45) is 0 Å². The Kier molecular flexibility index (Phi) is 6.30. The van der Waals surface area contributed by atoms with E-state index in [1.807, 2.05) is 36.4 Å². The summed E-state index contributed by atoms with van der Waals surface area (Å²) < 4.78 is 27.2. The van der Waals surface area contributed by atoms with E-state index in [0.717, 1.165) is 12.1 Å². The van der Waals surface area contributed by atoms with Gasteiger partial charge in [-0.1, -0.05) is 54.1 Å². The first-order valence-electron chi connectivity index (χ1n) is 8.64. The second-order valence-corrected chi connectivity index (χ2v) is 8.61. The van der Waals surface area contributed by atoms with Crippen molar-refractivity contribution in [3.8, 4) is 6.07 Å². The number of hydrogen-bond acceptors (Lipinski definition) is 4. The third-order valence-electron chi connectivity index (χ3n) is 4.49. The Labute approximate surface area is 165 Å². The second-order valence-electron chi connectivity index (χ2n) is 6.27. The van der Waals surface area contributed by atoms with Crippen LogP contribution >= 0.6 is 11.6 Å². The van der Waals surface area contributed by atoms with Crippen LogP contribution in [0, 0.1) is 11.3 Å². The number of hydrogen-bond donors (Lipinski definition) is 0. The minimum absolute atomic E-state index is 0.0186. The van der Waals surface area contributed by atoms with E-state index in [9.17, 15) is 13.7 Å². The van der Waals surface area contributed by atoms with Crippen LogP contribution in [0.3, 0.4) is 0 Å². The van der Waals surface area contributed by atoms with Crippen LogP contribution in [-0.2, 0) is 10.0 Å². The van der Waals surface area contributed by atoms with Crippen molar-refractivity contribution in [1.82, 2.24) is 9.21 Å². The molecule has 0 aromatic heterocycles. The smallest absolute Gasteiger partial charge is 0.244 e. The lowest BCUT2D eigenvalue weighted by molar-refractivity contribution is 0.204. The fraction of sp³-hybridized carbons (Fsp3) is 0.250. The lowest BCUT2D eigenvalue weighted by Gasteiger charge is -2.33. The molecule has 1 saturated heterocycles. The lowest BCUT2D eigenvalue weighted by atomic mass is 10.2. The van der Waals surface area contributed by atoms with E-state index in [2.05, 4.69) is 17.1 Å². The maximum atomic E-state index is 12.9. The average Bonchev–Trinajstić information content (AvgIpc) is 2.69. The highest BCUT2D eigenvalue weighted by atomic mass is 35.5. The lowest BCUT2D eigenvalue weighted by Crippen LogP contribution is -2.48. The van der Waals surface area contributed by atoms with Crippen LogP contribution in [0.2, 0.25) is 5.02 Å². The number of halogens is 1. The molecule has 3 rings (SSSR count). The minimum Gasteiger partial charge on any atom is -0.297 e. The third-order valence-corrected chi connectivity index (χ3v) is 6.66. The molecule has 5 nitrogen and oxygen atoms in total. The van der Waals surface area contributed by atoms with Gasteiger partial charge in [-0.15, -0.1) is 0 Å². The van der Waals surface area contributed by atoms with Crippen LogP contribution < -0.4 is 0 Å². The number of nitriles is 1. The van der Waals surface area contributed by atoms with Gasteiger partial charge in [0.25, 0.3) is 0 Å². The van der Waals surface area contributed by atoms with E-state index in [-0.39, 0.29) is 10.5 Å². The minimum atomic E-state index is -3.73. The predicted octanol–water partition coefficient (Wildman–Crippen LogP) is 3.23. The van der Waals surface area contributed by atoms with Crippen molar-refractivity contribution in [2.45, 2.75) is 4.90 Å². The molecule has 0 atom stereocenters. The first-order valence-corrected chi connectivity index (χ1v) is 10.5. The summed E-state index contributed by atoms with van der Waals surface area (Å²) in [4.78, 5) is 2.18. The summed E-state index contributed by atoms with van der Waals surface area (Å²) in [5, 5.41) is 9.52. The number of piperazine rings is 1. The van der Waals surface area contributed by atoms with Crippen molar-refractivity contribution in [3.63, 3.8) is 0 Å². The second kappa shape index (κ2) is 8.68. The molecule has 140 valence electrons. The molecular weight excluding hydrogens is 382 g/mol. The molecule has 0 bridgehead atoms.